The van der Waals surface area contributed by atoms with Crippen molar-refractivity contribution in [3.63, 3.8) is 0 Å². The molecule has 1 saturated heterocycles. The van der Waals surface area contributed by atoms with Crippen LogP contribution in [0, 0.1) is 11.3 Å². The minimum atomic E-state index is 0.131. The van der Waals surface area contributed by atoms with Crippen LogP contribution in [0.15, 0.2) is 18.3 Å². The van der Waals surface area contributed by atoms with E-state index in [4.69, 9.17) is 22.7 Å². The second-order valence-corrected chi connectivity index (χ2v) is 4.46. The van der Waals surface area contributed by atoms with Gasteiger partial charge in [0.2, 0.25) is 0 Å². The molecule has 3 N–H and O–H groups in total. The molecule has 0 aliphatic carbocycles. The molecule has 0 bridgehead atoms. The fourth-order valence-corrected chi connectivity index (χ4v) is 2.27. The van der Waals surface area contributed by atoms with Crippen LogP contribution in [0.25, 0.3) is 0 Å². The highest BCUT2D eigenvalue weighted by molar-refractivity contribution is 6.32. The number of pyridine rings is 1. The number of anilines is 1. The van der Waals surface area contributed by atoms with Crippen molar-refractivity contribution in [3.8, 4) is 0 Å². The van der Waals surface area contributed by atoms with Gasteiger partial charge in [0.15, 0.2) is 0 Å². The molecule has 4 nitrogen and oxygen atoms in total. The molecule has 0 amide bonds. The van der Waals surface area contributed by atoms with E-state index >= 15 is 0 Å². The van der Waals surface area contributed by atoms with Crippen molar-refractivity contribution in [2.45, 2.75) is 12.8 Å². The summed E-state index contributed by atoms with van der Waals surface area (Å²) >= 11 is 6.10. The van der Waals surface area contributed by atoms with Crippen LogP contribution in [0.4, 0.5) is 5.82 Å². The highest BCUT2D eigenvalue weighted by Gasteiger charge is 2.23. The Morgan fingerprint density at radius 3 is 3.12 bits per heavy atom. The highest BCUT2D eigenvalue weighted by Crippen LogP contribution is 2.27. The van der Waals surface area contributed by atoms with Gasteiger partial charge in [-0.05, 0) is 25.0 Å². The van der Waals surface area contributed by atoms with Crippen molar-refractivity contribution in [1.29, 1.82) is 5.41 Å². The van der Waals surface area contributed by atoms with Gasteiger partial charge in [-0.15, -0.1) is 0 Å². The van der Waals surface area contributed by atoms with Crippen molar-refractivity contribution < 1.29 is 0 Å². The number of aromatic nitrogens is 1. The minimum absolute atomic E-state index is 0.131. The van der Waals surface area contributed by atoms with Crippen molar-refractivity contribution in [3.05, 3.63) is 23.4 Å². The van der Waals surface area contributed by atoms with Crippen molar-refractivity contribution in [2.24, 2.45) is 11.7 Å². The molecule has 5 heteroatoms. The van der Waals surface area contributed by atoms with Gasteiger partial charge < -0.3 is 10.6 Å². The maximum absolute atomic E-state index is 7.49. The Labute approximate surface area is 99.9 Å². The first-order valence-corrected chi connectivity index (χ1v) is 5.75. The van der Waals surface area contributed by atoms with Gasteiger partial charge in [-0.1, -0.05) is 11.6 Å². The molecular formula is C11H15ClN4. The lowest BCUT2D eigenvalue weighted by atomic mass is 9.97. The van der Waals surface area contributed by atoms with Crippen molar-refractivity contribution >= 4 is 23.3 Å². The summed E-state index contributed by atoms with van der Waals surface area (Å²) < 4.78 is 0. The quantitative estimate of drug-likeness (QED) is 0.611. The van der Waals surface area contributed by atoms with Gasteiger partial charge in [-0.3, -0.25) is 5.41 Å². The SMILES string of the molecule is N=C(N)C1CCCN(c2ncccc2Cl)C1. The number of nitrogens with two attached hydrogens (primary N) is 1. The molecule has 1 aromatic heterocycles. The second-order valence-electron chi connectivity index (χ2n) is 4.05. The second kappa shape index (κ2) is 4.70. The smallest absolute Gasteiger partial charge is 0.147 e. The Hall–Kier alpha value is -1.29. The number of amidine groups is 1. The van der Waals surface area contributed by atoms with Crippen LogP contribution < -0.4 is 10.6 Å². The number of hydrogen-bond donors (Lipinski definition) is 2. The van der Waals surface area contributed by atoms with E-state index in [0.717, 1.165) is 31.7 Å². The Morgan fingerprint density at radius 1 is 1.62 bits per heavy atom. The molecule has 2 rings (SSSR count). The third-order valence-electron chi connectivity index (χ3n) is 2.90. The summed E-state index contributed by atoms with van der Waals surface area (Å²) in [5.74, 6) is 1.19. The van der Waals surface area contributed by atoms with Gasteiger partial charge in [0.1, 0.15) is 5.82 Å². The zero-order valence-corrected chi connectivity index (χ0v) is 9.74. The van der Waals surface area contributed by atoms with Crippen LogP contribution in [0.5, 0.6) is 0 Å². The van der Waals surface area contributed by atoms with Crippen molar-refractivity contribution in [2.75, 3.05) is 18.0 Å². The summed E-state index contributed by atoms with van der Waals surface area (Å²) in [6, 6.07) is 3.65. The fourth-order valence-electron chi connectivity index (χ4n) is 2.03. The van der Waals surface area contributed by atoms with E-state index < -0.39 is 0 Å². The maximum Gasteiger partial charge on any atom is 0.147 e. The summed E-state index contributed by atoms with van der Waals surface area (Å²) in [4.78, 5) is 6.39. The molecule has 0 saturated carbocycles. The van der Waals surface area contributed by atoms with Crippen LogP contribution in [0.2, 0.25) is 5.02 Å². The molecule has 0 aromatic carbocycles. The predicted molar refractivity (Wildman–Crippen MR) is 66.1 cm³/mol. The van der Waals surface area contributed by atoms with E-state index in [1.54, 1.807) is 6.20 Å². The maximum atomic E-state index is 7.49. The van der Waals surface area contributed by atoms with E-state index in [-0.39, 0.29) is 11.8 Å². The molecule has 0 spiro atoms. The Bertz CT molecular complexity index is 393. The first kappa shape index (κ1) is 11.2. The van der Waals surface area contributed by atoms with Gasteiger partial charge in [0, 0.05) is 25.2 Å². The van der Waals surface area contributed by atoms with Crippen LogP contribution in [-0.2, 0) is 0 Å². The molecule has 1 fully saturated rings. The molecule has 1 aliphatic rings. The molecule has 86 valence electrons. The Balaban J connectivity index is 2.16. The molecular weight excluding hydrogens is 224 g/mol. The predicted octanol–water partition coefficient (Wildman–Crippen LogP) is 1.89. The van der Waals surface area contributed by atoms with Gasteiger partial charge in [0.05, 0.1) is 10.9 Å². The number of rotatable bonds is 2. The summed E-state index contributed by atoms with van der Waals surface area (Å²) in [6.07, 6.45) is 3.74. The van der Waals surface area contributed by atoms with E-state index in [1.165, 1.54) is 0 Å². The van der Waals surface area contributed by atoms with E-state index in [1.807, 2.05) is 12.1 Å². The third-order valence-corrected chi connectivity index (χ3v) is 3.19. The lowest BCUT2D eigenvalue weighted by molar-refractivity contribution is 0.500. The molecule has 0 radical (unpaired) electrons. The van der Waals surface area contributed by atoms with Crippen LogP contribution in [0.3, 0.4) is 0 Å². The molecule has 1 unspecified atom stereocenters. The summed E-state index contributed by atoms with van der Waals surface area (Å²) in [6.45, 7) is 1.67. The minimum Gasteiger partial charge on any atom is -0.387 e. The van der Waals surface area contributed by atoms with E-state index in [9.17, 15) is 0 Å². The van der Waals surface area contributed by atoms with Gasteiger partial charge >= 0.3 is 0 Å². The third kappa shape index (κ3) is 2.27. The monoisotopic (exact) mass is 238 g/mol. The number of nitrogens with zero attached hydrogens (tertiary/aromatic N) is 2. The molecule has 2 heterocycles. The van der Waals surface area contributed by atoms with Crippen LogP contribution in [-0.4, -0.2) is 23.9 Å². The zero-order valence-electron chi connectivity index (χ0n) is 8.99. The average Bonchev–Trinajstić information content (AvgIpc) is 2.30. The van der Waals surface area contributed by atoms with Gasteiger partial charge in [0.25, 0.3) is 0 Å². The van der Waals surface area contributed by atoms with E-state index in [0.29, 0.717) is 5.02 Å². The van der Waals surface area contributed by atoms with Gasteiger partial charge in [-0.25, -0.2) is 4.98 Å². The van der Waals surface area contributed by atoms with Crippen LogP contribution >= 0.6 is 11.6 Å². The fraction of sp³-hybridized carbons (Fsp3) is 0.455. The highest BCUT2D eigenvalue weighted by atomic mass is 35.5. The normalized spacial score (nSPS) is 20.8. The summed E-state index contributed by atoms with van der Waals surface area (Å²) in [7, 11) is 0. The number of nitrogens with one attached hydrogen (secondary N) is 1. The van der Waals surface area contributed by atoms with Crippen molar-refractivity contribution in [1.82, 2.24) is 4.98 Å². The first-order valence-electron chi connectivity index (χ1n) is 5.38. The largest absolute Gasteiger partial charge is 0.387 e. The zero-order chi connectivity index (χ0) is 11.5. The first-order chi connectivity index (χ1) is 7.68. The number of halogens is 1. The standard InChI is InChI=1S/C11H15ClN4/c12-9-4-1-5-15-11(9)16-6-2-3-8(7-16)10(13)14/h1,4-5,8H,2-3,6-7H2,(H3,13,14). The Morgan fingerprint density at radius 2 is 2.44 bits per heavy atom. The molecule has 1 aromatic rings. The lowest BCUT2D eigenvalue weighted by Gasteiger charge is -2.33. The summed E-state index contributed by atoms with van der Waals surface area (Å²) in [5.41, 5.74) is 5.55. The average molecular weight is 239 g/mol. The van der Waals surface area contributed by atoms with E-state index in [2.05, 4.69) is 9.88 Å². The summed E-state index contributed by atoms with van der Waals surface area (Å²) in [5, 5.41) is 8.15. The number of hydrogen-bond acceptors (Lipinski definition) is 3. The lowest BCUT2D eigenvalue weighted by Crippen LogP contribution is -2.41. The molecule has 1 aliphatic heterocycles. The number of piperidine rings is 1. The molecule has 1 atom stereocenters. The van der Waals surface area contributed by atoms with Crippen LogP contribution in [0.1, 0.15) is 12.8 Å². The van der Waals surface area contributed by atoms with Gasteiger partial charge in [-0.2, -0.15) is 0 Å². The Kier molecular flexibility index (Phi) is 3.29. The topological polar surface area (TPSA) is 66.0 Å². The molecule has 16 heavy (non-hydrogen) atoms.